The maximum absolute atomic E-state index is 5.98. The number of aryl methyl sites for hydroxylation is 2. The highest BCUT2D eigenvalue weighted by Gasteiger charge is 2.16. The van der Waals surface area contributed by atoms with Crippen LogP contribution in [0.15, 0.2) is 29.6 Å². The highest BCUT2D eigenvalue weighted by Crippen LogP contribution is 2.21. The molecule has 0 amide bonds. The zero-order valence-electron chi connectivity index (χ0n) is 12.5. The van der Waals surface area contributed by atoms with Crippen LogP contribution in [0.3, 0.4) is 0 Å². The molecule has 0 saturated heterocycles. The largest absolute Gasteiger partial charge is 0.329 e. The van der Waals surface area contributed by atoms with Gasteiger partial charge >= 0.3 is 0 Å². The standard InChI is InChI=1S/C16H23N3S/c1-4-13-5-7-14(8-6-13)16(9-17)19(3)10-15-11-20-12(2)18-15/h5-8,11,16H,4,9-10,17H2,1-3H3. The lowest BCUT2D eigenvalue weighted by Crippen LogP contribution is -2.30. The molecule has 0 fully saturated rings. The number of nitrogens with two attached hydrogens (primary N) is 1. The summed E-state index contributed by atoms with van der Waals surface area (Å²) in [6, 6.07) is 9.01. The van der Waals surface area contributed by atoms with Crippen LogP contribution >= 0.6 is 11.3 Å². The third kappa shape index (κ3) is 3.66. The van der Waals surface area contributed by atoms with Crippen LogP contribution in [-0.4, -0.2) is 23.5 Å². The van der Waals surface area contributed by atoms with Gasteiger partial charge in [0.25, 0.3) is 0 Å². The van der Waals surface area contributed by atoms with Gasteiger partial charge in [0.2, 0.25) is 0 Å². The SMILES string of the molecule is CCc1ccc(C(CN)N(C)Cc2csc(C)n2)cc1. The van der Waals surface area contributed by atoms with Crippen LogP contribution in [0.2, 0.25) is 0 Å². The van der Waals surface area contributed by atoms with E-state index in [1.807, 2.05) is 6.92 Å². The fourth-order valence-electron chi connectivity index (χ4n) is 2.39. The van der Waals surface area contributed by atoms with Crippen molar-refractivity contribution in [2.75, 3.05) is 13.6 Å². The molecule has 1 aromatic heterocycles. The number of hydrogen-bond donors (Lipinski definition) is 1. The number of nitrogens with zero attached hydrogens (tertiary/aromatic N) is 2. The molecule has 3 nitrogen and oxygen atoms in total. The Morgan fingerprint density at radius 3 is 2.50 bits per heavy atom. The van der Waals surface area contributed by atoms with Gasteiger partial charge in [-0.05, 0) is 31.5 Å². The molecule has 108 valence electrons. The summed E-state index contributed by atoms with van der Waals surface area (Å²) in [5.41, 5.74) is 9.74. The summed E-state index contributed by atoms with van der Waals surface area (Å²) in [5.74, 6) is 0. The van der Waals surface area contributed by atoms with Crippen LogP contribution in [0.25, 0.3) is 0 Å². The number of rotatable bonds is 6. The van der Waals surface area contributed by atoms with Crippen LogP contribution in [0.4, 0.5) is 0 Å². The van der Waals surface area contributed by atoms with Gasteiger partial charge in [-0.15, -0.1) is 11.3 Å². The summed E-state index contributed by atoms with van der Waals surface area (Å²) >= 11 is 1.70. The molecular formula is C16H23N3S. The van der Waals surface area contributed by atoms with Gasteiger partial charge in [0.15, 0.2) is 0 Å². The molecule has 1 atom stereocenters. The number of thiazole rings is 1. The summed E-state index contributed by atoms with van der Waals surface area (Å²) in [5, 5.41) is 3.24. The van der Waals surface area contributed by atoms with Crippen LogP contribution in [0.1, 0.15) is 34.8 Å². The Bertz CT molecular complexity index is 533. The molecule has 0 aliphatic rings. The zero-order chi connectivity index (χ0) is 14.5. The van der Waals surface area contributed by atoms with Gasteiger partial charge in [0.05, 0.1) is 10.7 Å². The third-order valence-corrected chi connectivity index (χ3v) is 4.43. The molecule has 0 spiro atoms. The lowest BCUT2D eigenvalue weighted by atomic mass is 10.0. The number of likely N-dealkylation sites (N-methyl/N-ethyl adjacent to an activating group) is 1. The van der Waals surface area contributed by atoms with Crippen molar-refractivity contribution in [2.24, 2.45) is 5.73 Å². The fourth-order valence-corrected chi connectivity index (χ4v) is 3.00. The molecular weight excluding hydrogens is 266 g/mol. The molecule has 2 rings (SSSR count). The first-order chi connectivity index (χ1) is 9.63. The molecule has 0 bridgehead atoms. The van der Waals surface area contributed by atoms with Crippen molar-refractivity contribution in [3.63, 3.8) is 0 Å². The maximum Gasteiger partial charge on any atom is 0.0897 e. The van der Waals surface area contributed by atoms with E-state index >= 15 is 0 Å². The summed E-state index contributed by atoms with van der Waals surface area (Å²) < 4.78 is 0. The van der Waals surface area contributed by atoms with Gasteiger partial charge in [-0.2, -0.15) is 0 Å². The number of hydrogen-bond acceptors (Lipinski definition) is 4. The first kappa shape index (κ1) is 15.2. The molecule has 0 saturated carbocycles. The predicted molar refractivity (Wildman–Crippen MR) is 85.9 cm³/mol. The van der Waals surface area contributed by atoms with Gasteiger partial charge in [-0.3, -0.25) is 4.90 Å². The highest BCUT2D eigenvalue weighted by molar-refractivity contribution is 7.09. The lowest BCUT2D eigenvalue weighted by Gasteiger charge is -2.26. The van der Waals surface area contributed by atoms with Crippen molar-refractivity contribution in [1.82, 2.24) is 9.88 Å². The van der Waals surface area contributed by atoms with Crippen molar-refractivity contribution in [1.29, 1.82) is 0 Å². The third-order valence-electron chi connectivity index (χ3n) is 3.61. The first-order valence-corrected chi connectivity index (χ1v) is 7.92. The summed E-state index contributed by atoms with van der Waals surface area (Å²) in [6.45, 7) is 5.66. The second kappa shape index (κ2) is 6.97. The zero-order valence-corrected chi connectivity index (χ0v) is 13.3. The van der Waals surface area contributed by atoms with E-state index < -0.39 is 0 Å². The molecule has 0 aliphatic heterocycles. The summed E-state index contributed by atoms with van der Waals surface area (Å²) in [6.07, 6.45) is 1.07. The van der Waals surface area contributed by atoms with Gasteiger partial charge in [-0.25, -0.2) is 4.98 Å². The van der Waals surface area contributed by atoms with E-state index in [1.54, 1.807) is 11.3 Å². The van der Waals surface area contributed by atoms with E-state index in [-0.39, 0.29) is 6.04 Å². The van der Waals surface area contributed by atoms with E-state index in [0.29, 0.717) is 6.54 Å². The molecule has 1 heterocycles. The first-order valence-electron chi connectivity index (χ1n) is 7.04. The normalized spacial score (nSPS) is 12.8. The molecule has 4 heteroatoms. The summed E-state index contributed by atoms with van der Waals surface area (Å²) in [4.78, 5) is 6.80. The average Bonchev–Trinajstić information content (AvgIpc) is 2.85. The topological polar surface area (TPSA) is 42.1 Å². The smallest absolute Gasteiger partial charge is 0.0897 e. The van der Waals surface area contributed by atoms with Gasteiger partial charge < -0.3 is 5.73 Å². The molecule has 2 aromatic rings. The highest BCUT2D eigenvalue weighted by atomic mass is 32.1. The van der Waals surface area contributed by atoms with Crippen LogP contribution in [0.5, 0.6) is 0 Å². The van der Waals surface area contributed by atoms with Crippen molar-refractivity contribution < 1.29 is 0 Å². The van der Waals surface area contributed by atoms with Gasteiger partial charge in [-0.1, -0.05) is 31.2 Å². The Labute approximate surface area is 125 Å². The molecule has 0 aliphatic carbocycles. The molecule has 2 N–H and O–H groups in total. The Kier molecular flexibility index (Phi) is 5.29. The second-order valence-electron chi connectivity index (χ2n) is 5.12. The predicted octanol–water partition coefficient (Wildman–Crippen LogP) is 3.15. The lowest BCUT2D eigenvalue weighted by molar-refractivity contribution is 0.239. The quantitative estimate of drug-likeness (QED) is 0.888. The van der Waals surface area contributed by atoms with E-state index in [1.165, 1.54) is 11.1 Å². The minimum Gasteiger partial charge on any atom is -0.329 e. The minimum atomic E-state index is 0.239. The molecule has 20 heavy (non-hydrogen) atoms. The second-order valence-corrected chi connectivity index (χ2v) is 6.18. The fraction of sp³-hybridized carbons (Fsp3) is 0.438. The average molecular weight is 289 g/mol. The van der Waals surface area contributed by atoms with Crippen molar-refractivity contribution >= 4 is 11.3 Å². The van der Waals surface area contributed by atoms with Crippen molar-refractivity contribution in [3.8, 4) is 0 Å². The van der Waals surface area contributed by atoms with E-state index in [9.17, 15) is 0 Å². The Hall–Kier alpha value is -1.23. The van der Waals surface area contributed by atoms with Crippen LogP contribution in [0, 0.1) is 6.92 Å². The minimum absolute atomic E-state index is 0.239. The van der Waals surface area contributed by atoms with E-state index in [4.69, 9.17) is 5.73 Å². The van der Waals surface area contributed by atoms with Crippen LogP contribution < -0.4 is 5.73 Å². The number of benzene rings is 1. The van der Waals surface area contributed by atoms with Crippen LogP contribution in [-0.2, 0) is 13.0 Å². The maximum atomic E-state index is 5.98. The van der Waals surface area contributed by atoms with Crippen molar-refractivity contribution in [2.45, 2.75) is 32.9 Å². The van der Waals surface area contributed by atoms with E-state index in [0.717, 1.165) is 23.7 Å². The Morgan fingerprint density at radius 1 is 1.30 bits per heavy atom. The van der Waals surface area contributed by atoms with Gasteiger partial charge in [0.1, 0.15) is 0 Å². The van der Waals surface area contributed by atoms with Crippen molar-refractivity contribution in [3.05, 3.63) is 51.5 Å². The molecule has 1 unspecified atom stereocenters. The Morgan fingerprint density at radius 2 is 2.00 bits per heavy atom. The molecule has 1 aromatic carbocycles. The van der Waals surface area contributed by atoms with E-state index in [2.05, 4.69) is 53.5 Å². The summed E-state index contributed by atoms with van der Waals surface area (Å²) in [7, 11) is 2.11. The monoisotopic (exact) mass is 289 g/mol. The number of aromatic nitrogens is 1. The molecule has 0 radical (unpaired) electrons. The Balaban J connectivity index is 2.09. The van der Waals surface area contributed by atoms with Gasteiger partial charge in [0, 0.05) is 24.5 Å².